The first-order valence-corrected chi connectivity index (χ1v) is 5.96. The molecule has 19 heavy (non-hydrogen) atoms. The maximum Gasteiger partial charge on any atom is 0.216 e. The third kappa shape index (κ3) is 3.17. The summed E-state index contributed by atoms with van der Waals surface area (Å²) in [6.07, 6.45) is 5.65. The largest absolute Gasteiger partial charge is 0.481 e. The first-order chi connectivity index (χ1) is 9.24. The number of methoxy groups -OCH3 is 1. The van der Waals surface area contributed by atoms with Crippen LogP contribution < -0.4 is 15.8 Å². The predicted octanol–water partition coefficient (Wildman–Crippen LogP) is 0.966. The lowest BCUT2D eigenvalue weighted by atomic mass is 10.0. The number of nitrogens with zero attached hydrogens (tertiary/aromatic N) is 3. The van der Waals surface area contributed by atoms with Gasteiger partial charge in [0.15, 0.2) is 0 Å². The molecule has 1 unspecified atom stereocenters. The molecule has 0 fully saturated rings. The lowest BCUT2D eigenvalue weighted by Crippen LogP contribution is -2.20. The van der Waals surface area contributed by atoms with Gasteiger partial charge in [-0.3, -0.25) is 4.98 Å². The number of aromatic nitrogens is 3. The summed E-state index contributed by atoms with van der Waals surface area (Å²) in [5.41, 5.74) is 8.51. The second-order valence-corrected chi connectivity index (χ2v) is 4.11. The predicted molar refractivity (Wildman–Crippen MR) is 72.7 cm³/mol. The minimum atomic E-state index is 0.0309. The van der Waals surface area contributed by atoms with Crippen molar-refractivity contribution in [2.75, 3.05) is 19.9 Å². The SMILES string of the molecule is CNC(Cc1cnccc1N)c1cc(OC)ncn1. The van der Waals surface area contributed by atoms with Crippen LogP contribution in [0.2, 0.25) is 0 Å². The van der Waals surface area contributed by atoms with Gasteiger partial charge in [-0.2, -0.15) is 0 Å². The zero-order chi connectivity index (χ0) is 13.7. The van der Waals surface area contributed by atoms with Crippen molar-refractivity contribution in [1.82, 2.24) is 20.3 Å². The van der Waals surface area contributed by atoms with E-state index >= 15 is 0 Å². The van der Waals surface area contributed by atoms with Crippen molar-refractivity contribution in [3.63, 3.8) is 0 Å². The Hall–Kier alpha value is -2.21. The molecule has 0 radical (unpaired) electrons. The highest BCUT2D eigenvalue weighted by Gasteiger charge is 2.14. The summed E-state index contributed by atoms with van der Waals surface area (Å²) in [5, 5.41) is 3.22. The van der Waals surface area contributed by atoms with Crippen LogP contribution in [0.3, 0.4) is 0 Å². The van der Waals surface area contributed by atoms with E-state index in [0.29, 0.717) is 12.3 Å². The van der Waals surface area contributed by atoms with E-state index in [-0.39, 0.29) is 6.04 Å². The molecule has 0 saturated heterocycles. The highest BCUT2D eigenvalue weighted by molar-refractivity contribution is 5.45. The van der Waals surface area contributed by atoms with Crippen LogP contribution in [0.1, 0.15) is 17.3 Å². The number of anilines is 1. The van der Waals surface area contributed by atoms with Crippen LogP contribution in [-0.2, 0) is 6.42 Å². The number of nitrogen functional groups attached to an aromatic ring is 1. The summed E-state index contributed by atoms with van der Waals surface area (Å²) in [7, 11) is 3.46. The van der Waals surface area contributed by atoms with Crippen molar-refractivity contribution < 1.29 is 4.74 Å². The number of nitrogens with one attached hydrogen (secondary N) is 1. The topological polar surface area (TPSA) is 86.0 Å². The third-order valence-corrected chi connectivity index (χ3v) is 2.94. The van der Waals surface area contributed by atoms with Gasteiger partial charge in [0.05, 0.1) is 18.8 Å². The maximum atomic E-state index is 5.93. The minimum absolute atomic E-state index is 0.0309. The molecule has 0 saturated carbocycles. The first kappa shape index (κ1) is 13.2. The lowest BCUT2D eigenvalue weighted by Gasteiger charge is -2.16. The molecule has 0 amide bonds. The van der Waals surface area contributed by atoms with Crippen molar-refractivity contribution in [3.05, 3.63) is 42.1 Å². The van der Waals surface area contributed by atoms with Gasteiger partial charge in [0.1, 0.15) is 6.33 Å². The Morgan fingerprint density at radius 3 is 2.95 bits per heavy atom. The average Bonchev–Trinajstić information content (AvgIpc) is 2.46. The van der Waals surface area contributed by atoms with Crippen LogP contribution in [-0.4, -0.2) is 29.1 Å². The van der Waals surface area contributed by atoms with Crippen molar-refractivity contribution in [2.24, 2.45) is 0 Å². The average molecular weight is 259 g/mol. The molecule has 100 valence electrons. The number of hydrogen-bond donors (Lipinski definition) is 2. The van der Waals surface area contributed by atoms with Gasteiger partial charge in [0, 0.05) is 24.1 Å². The van der Waals surface area contributed by atoms with Crippen LogP contribution in [0, 0.1) is 0 Å². The monoisotopic (exact) mass is 259 g/mol. The van der Waals surface area contributed by atoms with Crippen LogP contribution >= 0.6 is 0 Å². The van der Waals surface area contributed by atoms with E-state index in [1.807, 2.05) is 13.1 Å². The molecule has 0 aliphatic rings. The van der Waals surface area contributed by atoms with Gasteiger partial charge < -0.3 is 15.8 Å². The van der Waals surface area contributed by atoms with E-state index in [0.717, 1.165) is 16.9 Å². The normalized spacial score (nSPS) is 12.1. The Morgan fingerprint density at radius 1 is 1.42 bits per heavy atom. The third-order valence-electron chi connectivity index (χ3n) is 2.94. The number of ether oxygens (including phenoxy) is 1. The fourth-order valence-corrected chi connectivity index (χ4v) is 1.84. The fourth-order valence-electron chi connectivity index (χ4n) is 1.84. The highest BCUT2D eigenvalue weighted by Crippen LogP contribution is 2.21. The van der Waals surface area contributed by atoms with Gasteiger partial charge in [0.25, 0.3) is 0 Å². The number of nitrogens with two attached hydrogens (primary N) is 1. The molecule has 2 aromatic rings. The number of pyridine rings is 1. The van der Waals surface area contributed by atoms with E-state index in [9.17, 15) is 0 Å². The van der Waals surface area contributed by atoms with Gasteiger partial charge in [0.2, 0.25) is 5.88 Å². The second kappa shape index (κ2) is 6.10. The lowest BCUT2D eigenvalue weighted by molar-refractivity contribution is 0.394. The molecule has 3 N–H and O–H groups in total. The zero-order valence-electron chi connectivity index (χ0n) is 11.0. The molecule has 0 aliphatic heterocycles. The van der Waals surface area contributed by atoms with Gasteiger partial charge >= 0.3 is 0 Å². The Balaban J connectivity index is 2.22. The second-order valence-electron chi connectivity index (χ2n) is 4.11. The van der Waals surface area contributed by atoms with Crippen LogP contribution in [0.5, 0.6) is 5.88 Å². The van der Waals surface area contributed by atoms with Gasteiger partial charge in [-0.1, -0.05) is 0 Å². The summed E-state index contributed by atoms with van der Waals surface area (Å²) in [6, 6.07) is 3.64. The molecule has 0 bridgehead atoms. The molecule has 6 heteroatoms. The molecule has 0 spiro atoms. The Labute approximate surface area is 112 Å². The molecular formula is C13H17N5O. The highest BCUT2D eigenvalue weighted by atomic mass is 16.5. The Kier molecular flexibility index (Phi) is 4.25. The summed E-state index contributed by atoms with van der Waals surface area (Å²) in [6.45, 7) is 0. The van der Waals surface area contributed by atoms with E-state index in [2.05, 4.69) is 20.3 Å². The van der Waals surface area contributed by atoms with Crippen molar-refractivity contribution in [1.29, 1.82) is 0 Å². The van der Waals surface area contributed by atoms with Gasteiger partial charge in [-0.05, 0) is 25.1 Å². The van der Waals surface area contributed by atoms with E-state index < -0.39 is 0 Å². The van der Waals surface area contributed by atoms with Crippen molar-refractivity contribution >= 4 is 5.69 Å². The summed E-state index contributed by atoms with van der Waals surface area (Å²) < 4.78 is 5.11. The molecule has 0 aliphatic carbocycles. The van der Waals surface area contributed by atoms with Crippen LogP contribution in [0.4, 0.5) is 5.69 Å². The van der Waals surface area contributed by atoms with Crippen molar-refractivity contribution in [2.45, 2.75) is 12.5 Å². The molecular weight excluding hydrogens is 242 g/mol. The van der Waals surface area contributed by atoms with Gasteiger partial charge in [-0.15, -0.1) is 0 Å². The Bertz CT molecular complexity index is 546. The van der Waals surface area contributed by atoms with E-state index in [1.54, 1.807) is 25.6 Å². The fraction of sp³-hybridized carbons (Fsp3) is 0.308. The Morgan fingerprint density at radius 2 is 2.26 bits per heavy atom. The number of hydrogen-bond acceptors (Lipinski definition) is 6. The summed E-state index contributed by atoms with van der Waals surface area (Å²) in [5.74, 6) is 0.546. The smallest absolute Gasteiger partial charge is 0.216 e. The molecule has 2 aromatic heterocycles. The van der Waals surface area contributed by atoms with Crippen molar-refractivity contribution in [3.8, 4) is 5.88 Å². The van der Waals surface area contributed by atoms with Crippen LogP contribution in [0.25, 0.3) is 0 Å². The van der Waals surface area contributed by atoms with Gasteiger partial charge in [-0.25, -0.2) is 9.97 Å². The van der Waals surface area contributed by atoms with E-state index in [4.69, 9.17) is 10.5 Å². The molecule has 1 atom stereocenters. The summed E-state index contributed by atoms with van der Waals surface area (Å²) in [4.78, 5) is 12.4. The first-order valence-electron chi connectivity index (χ1n) is 5.96. The zero-order valence-corrected chi connectivity index (χ0v) is 11.0. The summed E-state index contributed by atoms with van der Waals surface area (Å²) >= 11 is 0. The van der Waals surface area contributed by atoms with E-state index in [1.165, 1.54) is 6.33 Å². The quantitative estimate of drug-likeness (QED) is 0.832. The standard InChI is InChI=1S/C13H17N5O/c1-15-11(5-9-7-16-4-3-10(9)14)12-6-13(19-2)18-8-17-12/h3-4,6-8,11,15H,5H2,1-2H3,(H2,14,16). The molecule has 0 aromatic carbocycles. The molecule has 6 nitrogen and oxygen atoms in total. The minimum Gasteiger partial charge on any atom is -0.481 e. The number of rotatable bonds is 5. The maximum absolute atomic E-state index is 5.93. The van der Waals surface area contributed by atoms with Crippen LogP contribution in [0.15, 0.2) is 30.9 Å². The molecule has 2 rings (SSSR count). The molecule has 2 heterocycles. The number of likely N-dealkylation sites (N-methyl/N-ethyl adjacent to an activating group) is 1.